The predicted octanol–water partition coefficient (Wildman–Crippen LogP) is 2.95. The highest BCUT2D eigenvalue weighted by atomic mass is 16.3. The van der Waals surface area contributed by atoms with E-state index in [-0.39, 0.29) is 0 Å². The zero-order valence-electron chi connectivity index (χ0n) is 12.3. The molecule has 0 bridgehead atoms. The van der Waals surface area contributed by atoms with Crippen molar-refractivity contribution >= 4 is 0 Å². The highest BCUT2D eigenvalue weighted by molar-refractivity contribution is 5.21. The van der Waals surface area contributed by atoms with Crippen LogP contribution in [0.15, 0.2) is 16.8 Å². The summed E-state index contributed by atoms with van der Waals surface area (Å²) in [7, 11) is 0. The van der Waals surface area contributed by atoms with Crippen molar-refractivity contribution in [3.8, 4) is 0 Å². The second kappa shape index (κ2) is 6.06. The molecule has 0 atom stereocenters. The van der Waals surface area contributed by atoms with Crippen LogP contribution in [0.1, 0.15) is 41.8 Å². The van der Waals surface area contributed by atoms with E-state index < -0.39 is 0 Å². The van der Waals surface area contributed by atoms with Crippen molar-refractivity contribution in [2.24, 2.45) is 0 Å². The summed E-state index contributed by atoms with van der Waals surface area (Å²) < 4.78 is 8.04. The Hall–Kier alpha value is -1.55. The maximum absolute atomic E-state index is 5.92. The third-order valence-corrected chi connectivity index (χ3v) is 3.46. The Labute approximate surface area is 114 Å². The molecule has 2 heterocycles. The zero-order chi connectivity index (χ0) is 13.8. The Morgan fingerprint density at radius 3 is 2.74 bits per heavy atom. The smallest absolute Gasteiger partial charge is 0.124 e. The molecule has 0 saturated heterocycles. The summed E-state index contributed by atoms with van der Waals surface area (Å²) >= 11 is 0. The van der Waals surface area contributed by atoms with E-state index in [4.69, 9.17) is 4.42 Å². The fourth-order valence-electron chi connectivity index (χ4n) is 2.09. The predicted molar refractivity (Wildman–Crippen MR) is 76.2 cm³/mol. The van der Waals surface area contributed by atoms with Crippen LogP contribution in [-0.2, 0) is 13.1 Å². The minimum atomic E-state index is 0.751. The maximum atomic E-state index is 5.92. The Kier molecular flexibility index (Phi) is 4.43. The van der Waals surface area contributed by atoms with E-state index >= 15 is 0 Å². The molecule has 2 rings (SSSR count). The van der Waals surface area contributed by atoms with E-state index in [1.165, 1.54) is 11.3 Å². The van der Waals surface area contributed by atoms with Gasteiger partial charge < -0.3 is 14.3 Å². The average molecular weight is 261 g/mol. The molecule has 104 valence electrons. The fraction of sp³-hybridized carbons (Fsp3) is 0.533. The van der Waals surface area contributed by atoms with Crippen molar-refractivity contribution in [3.63, 3.8) is 0 Å². The van der Waals surface area contributed by atoms with Crippen molar-refractivity contribution in [3.05, 3.63) is 40.9 Å². The van der Waals surface area contributed by atoms with Gasteiger partial charge in [0, 0.05) is 5.69 Å². The Balaban J connectivity index is 2.05. The molecule has 19 heavy (non-hydrogen) atoms. The van der Waals surface area contributed by atoms with Crippen LogP contribution in [0.2, 0.25) is 0 Å². The molecule has 1 N–H and O–H groups in total. The Morgan fingerprint density at radius 2 is 2.11 bits per heavy atom. The number of imidazole rings is 1. The summed E-state index contributed by atoms with van der Waals surface area (Å²) in [6, 6.07) is 2.12. The van der Waals surface area contributed by atoms with Gasteiger partial charge in [0.05, 0.1) is 25.1 Å². The van der Waals surface area contributed by atoms with Gasteiger partial charge in [-0.05, 0) is 45.4 Å². The van der Waals surface area contributed by atoms with Gasteiger partial charge in [-0.3, -0.25) is 0 Å². The summed E-state index contributed by atoms with van der Waals surface area (Å²) in [5.74, 6) is 2.03. The molecular weight excluding hydrogens is 238 g/mol. The van der Waals surface area contributed by atoms with Crippen LogP contribution in [0.3, 0.4) is 0 Å². The van der Waals surface area contributed by atoms with Gasteiger partial charge in [0.25, 0.3) is 0 Å². The molecule has 0 fully saturated rings. The zero-order valence-corrected chi connectivity index (χ0v) is 12.3. The van der Waals surface area contributed by atoms with Crippen LogP contribution in [0.25, 0.3) is 0 Å². The van der Waals surface area contributed by atoms with E-state index in [0.29, 0.717) is 0 Å². The van der Waals surface area contributed by atoms with Crippen LogP contribution in [0, 0.1) is 20.8 Å². The molecule has 0 spiro atoms. The summed E-state index contributed by atoms with van der Waals surface area (Å²) in [5.41, 5.74) is 3.49. The van der Waals surface area contributed by atoms with Crippen molar-refractivity contribution < 1.29 is 4.42 Å². The lowest BCUT2D eigenvalue weighted by Crippen LogP contribution is -2.13. The molecule has 0 aromatic carbocycles. The van der Waals surface area contributed by atoms with Crippen molar-refractivity contribution in [1.29, 1.82) is 0 Å². The molecule has 0 saturated carbocycles. The van der Waals surface area contributed by atoms with Gasteiger partial charge in [-0.1, -0.05) is 6.92 Å². The van der Waals surface area contributed by atoms with Gasteiger partial charge in [0.1, 0.15) is 11.5 Å². The van der Waals surface area contributed by atoms with Crippen LogP contribution in [-0.4, -0.2) is 16.1 Å². The summed E-state index contributed by atoms with van der Waals surface area (Å²) in [6.45, 7) is 11.0. The van der Waals surface area contributed by atoms with E-state index in [9.17, 15) is 0 Å². The standard InChI is InChI=1S/C15H23N3O/c1-5-6-16-8-15-11(2)7-14(19-15)9-18-10-17-12(3)13(18)4/h7,10,16H,5-6,8-9H2,1-4H3. The third-order valence-electron chi connectivity index (χ3n) is 3.46. The highest BCUT2D eigenvalue weighted by Gasteiger charge is 2.09. The van der Waals surface area contributed by atoms with Gasteiger partial charge in [-0.2, -0.15) is 0 Å². The molecule has 0 aliphatic carbocycles. The van der Waals surface area contributed by atoms with Crippen LogP contribution in [0.4, 0.5) is 0 Å². The second-order valence-electron chi connectivity index (χ2n) is 5.04. The number of aryl methyl sites for hydroxylation is 2. The molecule has 0 aliphatic heterocycles. The Bertz CT molecular complexity index is 540. The monoisotopic (exact) mass is 261 g/mol. The van der Waals surface area contributed by atoms with Crippen LogP contribution in [0.5, 0.6) is 0 Å². The molecule has 2 aromatic heterocycles. The molecule has 0 amide bonds. The van der Waals surface area contributed by atoms with E-state index in [1.54, 1.807) is 0 Å². The normalized spacial score (nSPS) is 11.2. The molecular formula is C15H23N3O. The number of nitrogens with one attached hydrogen (secondary N) is 1. The van der Waals surface area contributed by atoms with Crippen molar-refractivity contribution in [2.75, 3.05) is 6.54 Å². The maximum Gasteiger partial charge on any atom is 0.124 e. The fourth-order valence-corrected chi connectivity index (χ4v) is 2.09. The largest absolute Gasteiger partial charge is 0.463 e. The van der Waals surface area contributed by atoms with Gasteiger partial charge in [0.15, 0.2) is 0 Å². The van der Waals surface area contributed by atoms with E-state index in [0.717, 1.165) is 43.3 Å². The van der Waals surface area contributed by atoms with E-state index in [1.807, 2.05) is 13.3 Å². The SMILES string of the molecule is CCCNCc1oc(Cn2cnc(C)c2C)cc1C. The highest BCUT2D eigenvalue weighted by Crippen LogP contribution is 2.17. The molecule has 4 heteroatoms. The minimum absolute atomic E-state index is 0.751. The average Bonchev–Trinajstić information content (AvgIpc) is 2.88. The first-order valence-electron chi connectivity index (χ1n) is 6.89. The van der Waals surface area contributed by atoms with Crippen molar-refractivity contribution in [2.45, 2.75) is 47.2 Å². The summed E-state index contributed by atoms with van der Waals surface area (Å²) in [4.78, 5) is 4.31. The topological polar surface area (TPSA) is 43.0 Å². The molecule has 2 aromatic rings. The number of furan rings is 1. The summed E-state index contributed by atoms with van der Waals surface area (Å²) in [6.07, 6.45) is 3.01. The lowest BCUT2D eigenvalue weighted by molar-refractivity contribution is 0.435. The minimum Gasteiger partial charge on any atom is -0.463 e. The number of hydrogen-bond donors (Lipinski definition) is 1. The first-order chi connectivity index (χ1) is 9.11. The molecule has 0 unspecified atom stereocenters. The van der Waals surface area contributed by atoms with Crippen LogP contribution >= 0.6 is 0 Å². The molecule has 0 aliphatic rings. The molecule has 0 radical (unpaired) electrons. The van der Waals surface area contributed by atoms with E-state index in [2.05, 4.69) is 41.7 Å². The van der Waals surface area contributed by atoms with Gasteiger partial charge in [0.2, 0.25) is 0 Å². The quantitative estimate of drug-likeness (QED) is 0.813. The number of aromatic nitrogens is 2. The van der Waals surface area contributed by atoms with Crippen LogP contribution < -0.4 is 5.32 Å². The second-order valence-corrected chi connectivity index (χ2v) is 5.04. The van der Waals surface area contributed by atoms with Gasteiger partial charge >= 0.3 is 0 Å². The first kappa shape index (κ1) is 13.9. The lowest BCUT2D eigenvalue weighted by Gasteiger charge is -2.03. The lowest BCUT2D eigenvalue weighted by atomic mass is 10.2. The van der Waals surface area contributed by atoms with Gasteiger partial charge in [-0.25, -0.2) is 4.98 Å². The van der Waals surface area contributed by atoms with Crippen molar-refractivity contribution in [1.82, 2.24) is 14.9 Å². The molecule has 4 nitrogen and oxygen atoms in total. The Morgan fingerprint density at radius 1 is 1.32 bits per heavy atom. The number of rotatable bonds is 6. The third kappa shape index (κ3) is 3.26. The number of hydrogen-bond acceptors (Lipinski definition) is 3. The first-order valence-corrected chi connectivity index (χ1v) is 6.89. The number of nitrogens with zero attached hydrogens (tertiary/aromatic N) is 2. The van der Waals surface area contributed by atoms with Gasteiger partial charge in [-0.15, -0.1) is 0 Å². The summed E-state index contributed by atoms with van der Waals surface area (Å²) in [5, 5.41) is 3.37.